The summed E-state index contributed by atoms with van der Waals surface area (Å²) in [4.78, 5) is 65.5. The fourth-order valence-electron chi connectivity index (χ4n) is 6.37. The van der Waals surface area contributed by atoms with E-state index >= 15 is 0 Å². The zero-order valence-corrected chi connectivity index (χ0v) is 29.4. The average Bonchev–Trinajstić information content (AvgIpc) is 3.45. The molecule has 6 rings (SSSR count). The summed E-state index contributed by atoms with van der Waals surface area (Å²) in [6.45, 7) is 3.07. The van der Waals surface area contributed by atoms with E-state index in [4.69, 9.17) is 5.73 Å². The normalized spacial score (nSPS) is 16.2. The molecule has 0 aliphatic carbocycles. The number of nitrogens with zero attached hydrogens (tertiary/aromatic N) is 5. The number of carbonyl (C=O) groups is 3. The van der Waals surface area contributed by atoms with Gasteiger partial charge in [-0.05, 0) is 86.7 Å². The van der Waals surface area contributed by atoms with Crippen LogP contribution in [0.5, 0.6) is 0 Å². The van der Waals surface area contributed by atoms with E-state index in [-0.39, 0.29) is 36.6 Å². The van der Waals surface area contributed by atoms with E-state index in [2.05, 4.69) is 57.4 Å². The average molecular weight is 784 g/mol. The topological polar surface area (TPSA) is 162 Å². The smallest absolute Gasteiger partial charge is 0.326 e. The van der Waals surface area contributed by atoms with Crippen LogP contribution in [-0.4, -0.2) is 94.0 Å². The molecule has 0 radical (unpaired) electrons. The monoisotopic (exact) mass is 781 g/mol. The predicted octanol–water partition coefficient (Wildman–Crippen LogP) is 3.25. The van der Waals surface area contributed by atoms with Crippen molar-refractivity contribution >= 4 is 72.1 Å². The lowest BCUT2D eigenvalue weighted by molar-refractivity contribution is -0.133. The van der Waals surface area contributed by atoms with Crippen LogP contribution >= 0.6 is 31.9 Å². The Morgan fingerprint density at radius 2 is 1.60 bits per heavy atom. The van der Waals surface area contributed by atoms with Gasteiger partial charge in [0, 0.05) is 78.8 Å². The van der Waals surface area contributed by atoms with Gasteiger partial charge in [-0.15, -0.1) is 0 Å². The van der Waals surface area contributed by atoms with Gasteiger partial charge in [0.2, 0.25) is 11.8 Å². The first-order chi connectivity index (χ1) is 23.2. The van der Waals surface area contributed by atoms with Gasteiger partial charge >= 0.3 is 11.7 Å². The van der Waals surface area contributed by atoms with Crippen LogP contribution in [0.25, 0.3) is 11.0 Å². The van der Waals surface area contributed by atoms with Crippen molar-refractivity contribution in [3.05, 3.63) is 85.9 Å². The van der Waals surface area contributed by atoms with E-state index in [1.165, 1.54) is 0 Å². The number of pyridine rings is 1. The van der Waals surface area contributed by atoms with Crippen LogP contribution in [0, 0.1) is 0 Å². The third kappa shape index (κ3) is 7.51. The zero-order valence-electron chi connectivity index (χ0n) is 26.2. The van der Waals surface area contributed by atoms with Gasteiger partial charge in [-0.3, -0.25) is 19.1 Å². The number of para-hydroxylation sites is 2. The van der Waals surface area contributed by atoms with E-state index in [0.717, 1.165) is 22.3 Å². The molecular formula is C33H37Br2N9O4. The number of fused-ring (bicyclic) bond motifs is 1. The van der Waals surface area contributed by atoms with Crippen LogP contribution in [0.3, 0.4) is 0 Å². The molecule has 0 spiro atoms. The summed E-state index contributed by atoms with van der Waals surface area (Å²) in [5.41, 5.74) is 9.88. The van der Waals surface area contributed by atoms with Gasteiger partial charge in [0.15, 0.2) is 0 Å². The second-order valence-electron chi connectivity index (χ2n) is 12.0. The van der Waals surface area contributed by atoms with Crippen molar-refractivity contribution in [1.82, 2.24) is 35.0 Å². The Morgan fingerprint density at radius 1 is 0.938 bits per heavy atom. The number of benzene rings is 2. The highest BCUT2D eigenvalue weighted by Crippen LogP contribution is 2.30. The number of H-pyrrole nitrogens is 1. The second kappa shape index (κ2) is 14.8. The van der Waals surface area contributed by atoms with E-state index in [0.29, 0.717) is 66.7 Å². The van der Waals surface area contributed by atoms with Crippen molar-refractivity contribution in [3.8, 4) is 0 Å². The summed E-state index contributed by atoms with van der Waals surface area (Å²) in [6, 6.07) is 13.7. The quantitative estimate of drug-likeness (QED) is 0.200. The van der Waals surface area contributed by atoms with Crippen molar-refractivity contribution in [2.45, 2.75) is 31.3 Å². The first-order valence-electron chi connectivity index (χ1n) is 15.9. The third-order valence-electron chi connectivity index (χ3n) is 9.01. The number of likely N-dealkylation sites (tertiary alicyclic amines) is 1. The number of piperazine rings is 1. The number of urea groups is 1. The molecule has 0 saturated carbocycles. The summed E-state index contributed by atoms with van der Waals surface area (Å²) in [5, 5.41) is 5.67. The van der Waals surface area contributed by atoms with Crippen LogP contribution in [0.4, 0.5) is 16.2 Å². The number of piperidine rings is 1. The van der Waals surface area contributed by atoms with Crippen LogP contribution < -0.4 is 27.0 Å². The highest BCUT2D eigenvalue weighted by atomic mass is 79.9. The standard InChI is InChI=1S/C33H37Br2N9O4/c34-24-17-21(18-25(35)30(24)36)19-27(31(46)38-20-29(45)42-15-13-41(14-16-42)22-5-9-37-10-6-22)40-32(47)43-11-7-23(8-12-43)44-28-4-2-1-3-26(28)39-33(44)48/h1-6,9-10,17-18,23,27H,7-8,11-16,19-20,36H2,(H,38,46)(H,39,48)(H,40,47)/t27-/m1/s1. The Labute approximate surface area is 294 Å². The van der Waals surface area contributed by atoms with Gasteiger partial charge in [0.05, 0.1) is 23.3 Å². The maximum absolute atomic E-state index is 13.6. The van der Waals surface area contributed by atoms with Gasteiger partial charge in [-0.1, -0.05) is 12.1 Å². The lowest BCUT2D eigenvalue weighted by Gasteiger charge is -2.36. The van der Waals surface area contributed by atoms with Crippen molar-refractivity contribution in [1.29, 1.82) is 0 Å². The molecular weight excluding hydrogens is 746 g/mol. The fraction of sp³-hybridized carbons (Fsp3) is 0.364. The highest BCUT2D eigenvalue weighted by Gasteiger charge is 2.30. The SMILES string of the molecule is Nc1c(Br)cc(C[C@@H](NC(=O)N2CCC(n3c(=O)[nH]c4ccccc43)CC2)C(=O)NCC(=O)N2CCN(c3ccncc3)CC2)cc1Br. The highest BCUT2D eigenvalue weighted by molar-refractivity contribution is 9.11. The number of nitrogen functional groups attached to an aromatic ring is 1. The van der Waals surface area contributed by atoms with Crippen LogP contribution in [0.2, 0.25) is 0 Å². The summed E-state index contributed by atoms with van der Waals surface area (Å²) < 4.78 is 3.09. The lowest BCUT2D eigenvalue weighted by atomic mass is 10.0. The van der Waals surface area contributed by atoms with Gasteiger partial charge < -0.3 is 36.1 Å². The van der Waals surface area contributed by atoms with Crippen molar-refractivity contribution in [2.75, 3.05) is 56.4 Å². The van der Waals surface area contributed by atoms with Gasteiger partial charge in [0.1, 0.15) is 6.04 Å². The molecule has 252 valence electrons. The molecule has 2 aromatic heterocycles. The summed E-state index contributed by atoms with van der Waals surface area (Å²) in [7, 11) is 0. The minimum absolute atomic E-state index is 0.0566. The van der Waals surface area contributed by atoms with Gasteiger partial charge in [0.25, 0.3) is 0 Å². The molecule has 48 heavy (non-hydrogen) atoms. The number of hydrogen-bond donors (Lipinski definition) is 4. The largest absolute Gasteiger partial charge is 0.397 e. The van der Waals surface area contributed by atoms with Crippen LogP contribution in [0.15, 0.2) is 74.7 Å². The lowest BCUT2D eigenvalue weighted by Crippen LogP contribution is -2.55. The van der Waals surface area contributed by atoms with E-state index < -0.39 is 11.9 Å². The maximum Gasteiger partial charge on any atom is 0.326 e. The molecule has 0 bridgehead atoms. The molecule has 5 N–H and O–H groups in total. The number of imidazole rings is 1. The fourth-order valence-corrected chi connectivity index (χ4v) is 7.65. The van der Waals surface area contributed by atoms with Crippen LogP contribution in [0.1, 0.15) is 24.4 Å². The molecule has 13 nitrogen and oxygen atoms in total. The molecule has 0 unspecified atom stereocenters. The molecule has 4 aromatic rings. The molecule has 2 fully saturated rings. The van der Waals surface area contributed by atoms with Crippen molar-refractivity contribution in [2.24, 2.45) is 0 Å². The van der Waals surface area contributed by atoms with E-state index in [9.17, 15) is 19.2 Å². The minimum atomic E-state index is -0.953. The molecule has 2 aliphatic heterocycles. The van der Waals surface area contributed by atoms with Crippen LogP contribution in [-0.2, 0) is 16.0 Å². The maximum atomic E-state index is 13.6. The Morgan fingerprint density at radius 3 is 2.29 bits per heavy atom. The number of nitrogens with one attached hydrogen (secondary N) is 3. The Hall–Kier alpha value is -4.37. The molecule has 2 aromatic carbocycles. The summed E-state index contributed by atoms with van der Waals surface area (Å²) >= 11 is 6.92. The number of aromatic nitrogens is 3. The van der Waals surface area contributed by atoms with E-state index in [1.807, 2.05) is 48.5 Å². The number of nitrogens with two attached hydrogens (primary N) is 1. The number of amides is 4. The molecule has 15 heteroatoms. The number of halogens is 2. The molecule has 1 atom stereocenters. The first-order valence-corrected chi connectivity index (χ1v) is 17.4. The molecule has 2 aliphatic rings. The Bertz CT molecular complexity index is 1830. The molecule has 2 saturated heterocycles. The molecule has 4 amide bonds. The Balaban J connectivity index is 1.08. The minimum Gasteiger partial charge on any atom is -0.397 e. The Kier molecular flexibility index (Phi) is 10.3. The molecule has 4 heterocycles. The summed E-state index contributed by atoms with van der Waals surface area (Å²) in [5.74, 6) is -0.646. The van der Waals surface area contributed by atoms with Gasteiger partial charge in [-0.25, -0.2) is 9.59 Å². The first kappa shape index (κ1) is 33.5. The second-order valence-corrected chi connectivity index (χ2v) is 13.7. The number of anilines is 2. The predicted molar refractivity (Wildman–Crippen MR) is 191 cm³/mol. The number of aromatic amines is 1. The zero-order chi connectivity index (χ0) is 33.8. The third-order valence-corrected chi connectivity index (χ3v) is 10.3. The van der Waals surface area contributed by atoms with E-state index in [1.54, 1.807) is 26.8 Å². The number of carbonyl (C=O) groups excluding carboxylic acids is 3. The van der Waals surface area contributed by atoms with Gasteiger partial charge in [-0.2, -0.15) is 0 Å². The number of hydrogen-bond acceptors (Lipinski definition) is 7. The number of rotatable bonds is 8. The van der Waals surface area contributed by atoms with Crippen molar-refractivity contribution in [3.63, 3.8) is 0 Å². The summed E-state index contributed by atoms with van der Waals surface area (Å²) in [6.07, 6.45) is 4.85. The van der Waals surface area contributed by atoms with Crippen molar-refractivity contribution < 1.29 is 14.4 Å².